The number of rotatable bonds is 5. The molecule has 1 aromatic rings. The van der Waals surface area contributed by atoms with Crippen LogP contribution in [0, 0.1) is 11.8 Å². The lowest BCUT2D eigenvalue weighted by atomic mass is 9.84. The molecule has 1 aliphatic rings. The first-order valence-electron chi connectivity index (χ1n) is 7.56. The van der Waals surface area contributed by atoms with Crippen molar-refractivity contribution < 1.29 is 14.3 Å². The van der Waals surface area contributed by atoms with Crippen LogP contribution in [0.2, 0.25) is 0 Å². The van der Waals surface area contributed by atoms with Crippen molar-refractivity contribution in [1.29, 1.82) is 0 Å². The molecular weight excluding hydrogens is 316 g/mol. The number of carbonyl (C=O) groups excluding carboxylic acids is 2. The van der Waals surface area contributed by atoms with Crippen LogP contribution in [0.25, 0.3) is 0 Å². The Morgan fingerprint density at radius 1 is 1.26 bits per heavy atom. The number of carbonyl (C=O) groups is 2. The van der Waals surface area contributed by atoms with Gasteiger partial charge in [0.05, 0.1) is 12.5 Å². The van der Waals surface area contributed by atoms with Crippen LogP contribution in [0.3, 0.4) is 0 Å². The molecular formula is C17H25ClN2O3. The molecule has 128 valence electrons. The fourth-order valence-corrected chi connectivity index (χ4v) is 2.48. The quantitative estimate of drug-likeness (QED) is 0.807. The molecule has 1 atom stereocenters. The van der Waals surface area contributed by atoms with Crippen LogP contribution in [-0.2, 0) is 19.7 Å². The Labute approximate surface area is 143 Å². The average Bonchev–Trinajstić information content (AvgIpc) is 2.45. The van der Waals surface area contributed by atoms with E-state index in [0.29, 0.717) is 5.92 Å². The molecule has 23 heavy (non-hydrogen) atoms. The lowest BCUT2D eigenvalue weighted by molar-refractivity contribution is -0.146. The zero-order chi connectivity index (χ0) is 16.3. The molecule has 0 spiro atoms. The number of ether oxygens (including phenoxy) is 1. The van der Waals surface area contributed by atoms with Gasteiger partial charge in [-0.3, -0.25) is 9.59 Å². The van der Waals surface area contributed by atoms with E-state index in [0.717, 1.165) is 24.3 Å². The Hall–Kier alpha value is -1.59. The summed E-state index contributed by atoms with van der Waals surface area (Å²) in [5.41, 5.74) is 0.893. The van der Waals surface area contributed by atoms with Gasteiger partial charge in [0.25, 0.3) is 0 Å². The van der Waals surface area contributed by atoms with Gasteiger partial charge in [0.15, 0.2) is 0 Å². The SMILES string of the molecule is COC(=O)C(C)(C)c1ccc(NC(=O)C(C)C2CNC2)cc1.Cl. The molecule has 1 amide bonds. The summed E-state index contributed by atoms with van der Waals surface area (Å²) >= 11 is 0. The van der Waals surface area contributed by atoms with Gasteiger partial charge in [-0.15, -0.1) is 12.4 Å². The highest BCUT2D eigenvalue weighted by Crippen LogP contribution is 2.26. The van der Waals surface area contributed by atoms with Gasteiger partial charge in [-0.05, 0) is 50.6 Å². The van der Waals surface area contributed by atoms with Crippen molar-refractivity contribution in [3.8, 4) is 0 Å². The van der Waals surface area contributed by atoms with Crippen molar-refractivity contribution in [3.63, 3.8) is 0 Å². The Morgan fingerprint density at radius 3 is 2.26 bits per heavy atom. The molecule has 2 N–H and O–H groups in total. The second kappa shape index (κ2) is 7.79. The van der Waals surface area contributed by atoms with Gasteiger partial charge in [-0.25, -0.2) is 0 Å². The van der Waals surface area contributed by atoms with Crippen molar-refractivity contribution in [2.45, 2.75) is 26.2 Å². The highest BCUT2D eigenvalue weighted by molar-refractivity contribution is 5.92. The summed E-state index contributed by atoms with van der Waals surface area (Å²) in [5, 5.41) is 6.11. The van der Waals surface area contributed by atoms with Crippen LogP contribution in [0.15, 0.2) is 24.3 Å². The van der Waals surface area contributed by atoms with E-state index in [9.17, 15) is 9.59 Å². The molecule has 0 radical (unpaired) electrons. The minimum Gasteiger partial charge on any atom is -0.468 e. The smallest absolute Gasteiger partial charge is 0.315 e. The molecule has 0 aliphatic carbocycles. The van der Waals surface area contributed by atoms with Gasteiger partial charge in [-0.1, -0.05) is 19.1 Å². The number of halogens is 1. The summed E-state index contributed by atoms with van der Waals surface area (Å²) in [6, 6.07) is 7.34. The lowest BCUT2D eigenvalue weighted by Crippen LogP contribution is -2.48. The summed E-state index contributed by atoms with van der Waals surface area (Å²) in [6.07, 6.45) is 0. The van der Waals surface area contributed by atoms with E-state index >= 15 is 0 Å². The molecule has 1 aromatic carbocycles. The second-order valence-corrected chi connectivity index (χ2v) is 6.39. The van der Waals surface area contributed by atoms with Crippen LogP contribution < -0.4 is 10.6 Å². The molecule has 1 saturated heterocycles. The summed E-state index contributed by atoms with van der Waals surface area (Å²) in [4.78, 5) is 24.0. The van der Waals surface area contributed by atoms with Gasteiger partial charge >= 0.3 is 5.97 Å². The van der Waals surface area contributed by atoms with E-state index in [1.165, 1.54) is 7.11 Å². The van der Waals surface area contributed by atoms with Crippen molar-refractivity contribution in [3.05, 3.63) is 29.8 Å². The summed E-state index contributed by atoms with van der Waals surface area (Å²) in [7, 11) is 1.38. The largest absolute Gasteiger partial charge is 0.468 e. The minimum atomic E-state index is -0.706. The van der Waals surface area contributed by atoms with Crippen molar-refractivity contribution in [2.24, 2.45) is 11.8 Å². The third-order valence-electron chi connectivity index (χ3n) is 4.50. The highest BCUT2D eigenvalue weighted by atomic mass is 35.5. The predicted octanol–water partition coefficient (Wildman–Crippen LogP) is 2.35. The van der Waals surface area contributed by atoms with Crippen LogP contribution in [-0.4, -0.2) is 32.1 Å². The zero-order valence-corrected chi connectivity index (χ0v) is 14.8. The Kier molecular flexibility index (Phi) is 6.59. The summed E-state index contributed by atoms with van der Waals surface area (Å²) in [5.74, 6) is 0.159. The lowest BCUT2D eigenvalue weighted by Gasteiger charge is -2.31. The van der Waals surface area contributed by atoms with E-state index in [1.807, 2.05) is 45.0 Å². The molecule has 5 nitrogen and oxygen atoms in total. The molecule has 1 unspecified atom stereocenters. The van der Waals surface area contributed by atoms with Crippen molar-refractivity contribution >= 4 is 30.0 Å². The van der Waals surface area contributed by atoms with Crippen LogP contribution in [0.5, 0.6) is 0 Å². The van der Waals surface area contributed by atoms with Gasteiger partial charge in [0, 0.05) is 11.6 Å². The number of hydrogen-bond acceptors (Lipinski definition) is 4. The minimum absolute atomic E-state index is 0. The number of anilines is 1. The van der Waals surface area contributed by atoms with E-state index in [2.05, 4.69) is 10.6 Å². The molecule has 1 heterocycles. The standard InChI is InChI=1S/C17H24N2O3.ClH/c1-11(12-9-18-10-12)15(20)19-14-7-5-13(6-8-14)17(2,3)16(21)22-4;/h5-8,11-12,18H,9-10H2,1-4H3,(H,19,20);1H. The van der Waals surface area contributed by atoms with E-state index in [1.54, 1.807) is 0 Å². The Bertz CT molecular complexity index is 553. The van der Waals surface area contributed by atoms with Crippen LogP contribution >= 0.6 is 12.4 Å². The number of esters is 1. The molecule has 1 aliphatic heterocycles. The first kappa shape index (κ1) is 19.5. The van der Waals surface area contributed by atoms with Crippen LogP contribution in [0.1, 0.15) is 26.3 Å². The molecule has 0 bridgehead atoms. The molecule has 1 fully saturated rings. The summed E-state index contributed by atoms with van der Waals surface area (Å²) in [6.45, 7) is 7.40. The summed E-state index contributed by atoms with van der Waals surface area (Å²) < 4.78 is 4.83. The Balaban J connectivity index is 0.00000264. The second-order valence-electron chi connectivity index (χ2n) is 6.39. The molecule has 6 heteroatoms. The third kappa shape index (κ3) is 4.24. The fourth-order valence-electron chi connectivity index (χ4n) is 2.48. The molecule has 2 rings (SSSR count). The normalized spacial score (nSPS) is 15.8. The molecule has 0 saturated carbocycles. The Morgan fingerprint density at radius 2 is 1.83 bits per heavy atom. The average molecular weight is 341 g/mol. The number of methoxy groups -OCH3 is 1. The predicted molar refractivity (Wildman–Crippen MR) is 92.9 cm³/mol. The van der Waals surface area contributed by atoms with Gasteiger partial charge < -0.3 is 15.4 Å². The third-order valence-corrected chi connectivity index (χ3v) is 4.50. The molecule has 0 aromatic heterocycles. The first-order chi connectivity index (χ1) is 10.4. The van der Waals surface area contributed by atoms with Gasteiger partial charge in [0.2, 0.25) is 5.91 Å². The number of benzene rings is 1. The zero-order valence-electron chi connectivity index (χ0n) is 14.0. The first-order valence-corrected chi connectivity index (χ1v) is 7.56. The maximum Gasteiger partial charge on any atom is 0.315 e. The van der Waals surface area contributed by atoms with Crippen molar-refractivity contribution in [2.75, 3.05) is 25.5 Å². The highest BCUT2D eigenvalue weighted by Gasteiger charge is 2.31. The van der Waals surface area contributed by atoms with E-state index in [-0.39, 0.29) is 30.2 Å². The maximum atomic E-state index is 12.2. The van der Waals surface area contributed by atoms with E-state index < -0.39 is 5.41 Å². The van der Waals surface area contributed by atoms with Crippen LogP contribution in [0.4, 0.5) is 5.69 Å². The van der Waals surface area contributed by atoms with Gasteiger partial charge in [0.1, 0.15) is 0 Å². The number of amides is 1. The van der Waals surface area contributed by atoms with E-state index in [4.69, 9.17) is 4.74 Å². The fraction of sp³-hybridized carbons (Fsp3) is 0.529. The monoisotopic (exact) mass is 340 g/mol. The number of hydrogen-bond donors (Lipinski definition) is 2. The number of nitrogens with one attached hydrogen (secondary N) is 2. The van der Waals surface area contributed by atoms with Crippen molar-refractivity contribution in [1.82, 2.24) is 5.32 Å². The topological polar surface area (TPSA) is 67.4 Å². The maximum absolute atomic E-state index is 12.2. The van der Waals surface area contributed by atoms with Gasteiger partial charge in [-0.2, -0.15) is 0 Å².